The summed E-state index contributed by atoms with van der Waals surface area (Å²) >= 11 is 7.99. The van der Waals surface area contributed by atoms with Crippen LogP contribution in [-0.4, -0.2) is 41.8 Å². The maximum Gasteiger partial charge on any atom is 0.273 e. The summed E-state index contributed by atoms with van der Waals surface area (Å²) in [6.07, 6.45) is 0.436. The highest BCUT2D eigenvalue weighted by Gasteiger charge is 2.07. The lowest BCUT2D eigenvalue weighted by Crippen LogP contribution is -2.23. The van der Waals surface area contributed by atoms with Crippen LogP contribution in [0.5, 0.6) is 0 Å². The summed E-state index contributed by atoms with van der Waals surface area (Å²) in [6, 6.07) is 0. The number of thiol groups is 1. The van der Waals surface area contributed by atoms with E-state index in [2.05, 4.69) is 18.4 Å². The van der Waals surface area contributed by atoms with Gasteiger partial charge in [-0.05, 0) is 12.2 Å². The number of nitrogens with zero attached hydrogens (tertiary/aromatic N) is 1. The summed E-state index contributed by atoms with van der Waals surface area (Å²) in [5, 5.41) is -0.212. The van der Waals surface area contributed by atoms with E-state index >= 15 is 0 Å². The molecule has 0 aromatic heterocycles. The molecule has 0 saturated carbocycles. The van der Waals surface area contributed by atoms with Crippen LogP contribution in [0.4, 0.5) is 4.79 Å². The van der Waals surface area contributed by atoms with Crippen LogP contribution < -0.4 is 5.73 Å². The van der Waals surface area contributed by atoms with E-state index in [9.17, 15) is 4.79 Å². The predicted molar refractivity (Wildman–Crippen MR) is 75.3 cm³/mol. The predicted octanol–water partition coefficient (Wildman–Crippen LogP) is 1.46. The van der Waals surface area contributed by atoms with Crippen molar-refractivity contribution in [2.45, 2.75) is 20.3 Å². The van der Waals surface area contributed by atoms with Gasteiger partial charge < -0.3 is 15.4 Å². The van der Waals surface area contributed by atoms with Crippen LogP contribution in [0.3, 0.4) is 0 Å². The van der Waals surface area contributed by atoms with E-state index in [1.165, 1.54) is 0 Å². The number of carbonyl (C=O) groups is 2. The molecule has 0 bridgehead atoms. The van der Waals surface area contributed by atoms with Crippen LogP contribution in [-0.2, 0) is 9.53 Å². The molecule has 5 nitrogen and oxygen atoms in total. The smallest absolute Gasteiger partial charge is 0.273 e. The Balaban J connectivity index is 0. The zero-order chi connectivity index (χ0) is 14.0. The summed E-state index contributed by atoms with van der Waals surface area (Å²) in [5.74, 6) is 0.290. The molecule has 0 saturated heterocycles. The number of nitrogens with two attached hydrogens (primary N) is 1. The average molecular weight is 280 g/mol. The first-order valence-corrected chi connectivity index (χ1v) is 5.89. The van der Waals surface area contributed by atoms with E-state index in [4.69, 9.17) is 21.7 Å². The summed E-state index contributed by atoms with van der Waals surface area (Å²) in [5.41, 5.74) is 4.34. The fraction of sp³-hybridized carbons (Fsp3) is 0.700. The van der Waals surface area contributed by atoms with Gasteiger partial charge in [-0.2, -0.15) is 0 Å². The fourth-order valence-corrected chi connectivity index (χ4v) is 0.740. The Labute approximate surface area is 113 Å². The zero-order valence-corrected chi connectivity index (χ0v) is 12.3. The average Bonchev–Trinajstić information content (AvgIpc) is 2.15. The minimum absolute atomic E-state index is 0.0801. The lowest BCUT2D eigenvalue weighted by molar-refractivity contribution is -0.122. The molecule has 0 spiro atoms. The molecule has 7 heteroatoms. The molecular weight excluding hydrogens is 260 g/mol. The van der Waals surface area contributed by atoms with Gasteiger partial charge in [-0.15, -0.1) is 0 Å². The summed E-state index contributed by atoms with van der Waals surface area (Å²) in [7, 11) is 3.62. The van der Waals surface area contributed by atoms with Crippen LogP contribution >= 0.6 is 24.8 Å². The number of hydrogen-bond acceptors (Lipinski definition) is 4. The van der Waals surface area contributed by atoms with Gasteiger partial charge in [-0.25, -0.2) is 0 Å². The third kappa shape index (κ3) is 15.2. The first-order chi connectivity index (χ1) is 7.68. The lowest BCUT2D eigenvalue weighted by Gasteiger charge is -2.14. The SMILES string of the molecule is CC(C)C(=O)CCOC(=S)N(C)C.NC(=O)S. The zero-order valence-electron chi connectivity index (χ0n) is 10.6. The molecule has 0 heterocycles. The minimum Gasteiger partial charge on any atom is -0.470 e. The third-order valence-electron chi connectivity index (χ3n) is 1.58. The lowest BCUT2D eigenvalue weighted by atomic mass is 10.1. The third-order valence-corrected chi connectivity index (χ3v) is 2.07. The van der Waals surface area contributed by atoms with E-state index in [-0.39, 0.29) is 11.7 Å². The molecule has 0 unspecified atom stereocenters. The molecule has 100 valence electrons. The standard InChI is InChI=1S/C9H17NO2S.CH3NOS/c1-7(2)8(11)5-6-12-9(13)10(3)4;2-1(3)4/h7H,5-6H2,1-4H3;(H3,2,3,4). The van der Waals surface area contributed by atoms with Crippen molar-refractivity contribution < 1.29 is 14.3 Å². The molecule has 0 rings (SSSR count). The number of ether oxygens (including phenoxy) is 1. The van der Waals surface area contributed by atoms with Gasteiger partial charge in [0, 0.05) is 26.4 Å². The topological polar surface area (TPSA) is 72.6 Å². The van der Waals surface area contributed by atoms with Gasteiger partial charge in [0.1, 0.15) is 5.78 Å². The van der Waals surface area contributed by atoms with Crippen molar-refractivity contribution in [2.75, 3.05) is 20.7 Å². The minimum atomic E-state index is -0.639. The molecule has 17 heavy (non-hydrogen) atoms. The molecule has 0 aromatic carbocycles. The summed E-state index contributed by atoms with van der Waals surface area (Å²) < 4.78 is 5.16. The largest absolute Gasteiger partial charge is 0.470 e. The van der Waals surface area contributed by atoms with E-state index < -0.39 is 5.24 Å². The fourth-order valence-electron chi connectivity index (χ4n) is 0.657. The van der Waals surface area contributed by atoms with Crippen LogP contribution in [0.2, 0.25) is 0 Å². The summed E-state index contributed by atoms with van der Waals surface area (Å²) in [6.45, 7) is 4.15. The first-order valence-electron chi connectivity index (χ1n) is 5.03. The molecule has 0 radical (unpaired) electrons. The van der Waals surface area contributed by atoms with Gasteiger partial charge in [0.2, 0.25) is 0 Å². The highest BCUT2D eigenvalue weighted by Crippen LogP contribution is 1.99. The molecular formula is C10H20N2O3S2. The Morgan fingerprint density at radius 1 is 1.41 bits per heavy atom. The van der Waals surface area contributed by atoms with Crippen LogP contribution in [0.1, 0.15) is 20.3 Å². The number of rotatable bonds is 4. The van der Waals surface area contributed by atoms with Gasteiger partial charge >= 0.3 is 0 Å². The Morgan fingerprint density at radius 3 is 2.12 bits per heavy atom. The van der Waals surface area contributed by atoms with Gasteiger partial charge in [-0.3, -0.25) is 9.59 Å². The number of amides is 1. The summed E-state index contributed by atoms with van der Waals surface area (Å²) in [4.78, 5) is 21.9. The first kappa shape index (κ1) is 18.5. The number of carbonyl (C=O) groups excluding carboxylic acids is 2. The van der Waals surface area contributed by atoms with Crippen molar-refractivity contribution >= 4 is 41.0 Å². The molecule has 2 N–H and O–H groups in total. The molecule has 0 aliphatic carbocycles. The Bertz CT molecular complexity index is 244. The number of Topliss-reactive ketones (excluding diaryl/α,β-unsaturated/α-hetero) is 1. The maximum absolute atomic E-state index is 11.2. The number of hydrogen-bond donors (Lipinski definition) is 2. The Kier molecular flexibility index (Phi) is 11.3. The Hall–Kier alpha value is -0.820. The molecule has 0 atom stereocenters. The van der Waals surface area contributed by atoms with Gasteiger partial charge in [-0.1, -0.05) is 26.5 Å². The van der Waals surface area contributed by atoms with Gasteiger partial charge in [0.25, 0.3) is 10.4 Å². The van der Waals surface area contributed by atoms with E-state index in [0.29, 0.717) is 18.2 Å². The van der Waals surface area contributed by atoms with Crippen molar-refractivity contribution in [1.82, 2.24) is 4.90 Å². The number of thiocarbonyl (C=S) groups is 1. The van der Waals surface area contributed by atoms with Crippen LogP contribution in [0.15, 0.2) is 0 Å². The second-order valence-electron chi connectivity index (χ2n) is 3.72. The molecule has 0 aliphatic rings. The van der Waals surface area contributed by atoms with Crippen molar-refractivity contribution in [1.29, 1.82) is 0 Å². The van der Waals surface area contributed by atoms with E-state index in [0.717, 1.165) is 0 Å². The number of primary amides is 1. The van der Waals surface area contributed by atoms with Crippen molar-refractivity contribution in [2.24, 2.45) is 11.7 Å². The number of ketones is 1. The highest BCUT2D eigenvalue weighted by atomic mass is 32.1. The maximum atomic E-state index is 11.2. The quantitative estimate of drug-likeness (QED) is 0.602. The Morgan fingerprint density at radius 2 is 1.82 bits per heavy atom. The van der Waals surface area contributed by atoms with E-state index in [1.807, 2.05) is 27.9 Å². The van der Waals surface area contributed by atoms with Gasteiger partial charge in [0.05, 0.1) is 6.61 Å². The van der Waals surface area contributed by atoms with Crippen molar-refractivity contribution in [3.05, 3.63) is 0 Å². The van der Waals surface area contributed by atoms with Crippen molar-refractivity contribution in [3.8, 4) is 0 Å². The van der Waals surface area contributed by atoms with Crippen molar-refractivity contribution in [3.63, 3.8) is 0 Å². The van der Waals surface area contributed by atoms with Crippen LogP contribution in [0, 0.1) is 5.92 Å². The molecule has 1 amide bonds. The molecule has 0 aromatic rings. The highest BCUT2D eigenvalue weighted by molar-refractivity contribution is 7.96. The molecule has 0 aliphatic heterocycles. The monoisotopic (exact) mass is 280 g/mol. The van der Waals surface area contributed by atoms with E-state index in [1.54, 1.807) is 4.90 Å². The second kappa shape index (κ2) is 10.3. The normalized spacial score (nSPS) is 9.06. The van der Waals surface area contributed by atoms with Crippen LogP contribution in [0.25, 0.3) is 0 Å². The molecule has 0 fully saturated rings. The second-order valence-corrected chi connectivity index (χ2v) is 4.51. The van der Waals surface area contributed by atoms with Gasteiger partial charge in [0.15, 0.2) is 0 Å².